The van der Waals surface area contributed by atoms with Gasteiger partial charge < -0.3 is 14.8 Å². The summed E-state index contributed by atoms with van der Waals surface area (Å²) in [6.45, 7) is 6.49. The number of amides is 2. The summed E-state index contributed by atoms with van der Waals surface area (Å²) in [7, 11) is 0. The summed E-state index contributed by atoms with van der Waals surface area (Å²) < 4.78 is 1.95. The quantitative estimate of drug-likeness (QED) is 0.545. The van der Waals surface area contributed by atoms with Crippen LogP contribution in [-0.4, -0.2) is 44.1 Å². The molecule has 0 saturated carbocycles. The SMILES string of the molecule is Cc1cccc(NC(=O)CSc2nc3ccccc3n2CC(=O)N2[C@H](C)CCC[C@H]2C)c1. The van der Waals surface area contributed by atoms with E-state index in [2.05, 4.69) is 19.2 Å². The molecule has 3 aromatic rings. The number of piperidine rings is 1. The van der Waals surface area contributed by atoms with Crippen LogP contribution in [0, 0.1) is 6.92 Å². The fraction of sp³-hybridized carbons (Fsp3) is 0.400. The second-order valence-corrected chi connectivity index (χ2v) is 9.55. The first-order valence-electron chi connectivity index (χ1n) is 11.2. The Morgan fingerprint density at radius 1 is 1.09 bits per heavy atom. The number of rotatable bonds is 6. The number of nitrogens with one attached hydrogen (secondary N) is 1. The number of hydrogen-bond acceptors (Lipinski definition) is 4. The minimum atomic E-state index is -0.0937. The first kappa shape index (κ1) is 22.4. The molecule has 1 saturated heterocycles. The minimum absolute atomic E-state index is 0.0937. The molecule has 2 aromatic carbocycles. The smallest absolute Gasteiger partial charge is 0.243 e. The van der Waals surface area contributed by atoms with Crippen LogP contribution in [0.4, 0.5) is 5.69 Å². The number of aryl methyl sites for hydroxylation is 1. The van der Waals surface area contributed by atoms with Crippen LogP contribution < -0.4 is 5.32 Å². The average Bonchev–Trinajstić information content (AvgIpc) is 3.09. The van der Waals surface area contributed by atoms with Gasteiger partial charge in [-0.2, -0.15) is 0 Å². The van der Waals surface area contributed by atoms with Crippen molar-refractivity contribution >= 4 is 40.3 Å². The van der Waals surface area contributed by atoms with Gasteiger partial charge in [-0.25, -0.2) is 4.98 Å². The lowest BCUT2D eigenvalue weighted by Crippen LogP contribution is -2.48. The van der Waals surface area contributed by atoms with Gasteiger partial charge in [-0.3, -0.25) is 9.59 Å². The van der Waals surface area contributed by atoms with Gasteiger partial charge in [0.15, 0.2) is 5.16 Å². The van der Waals surface area contributed by atoms with Crippen molar-refractivity contribution in [2.24, 2.45) is 0 Å². The molecule has 7 heteroatoms. The number of hydrogen-bond donors (Lipinski definition) is 1. The molecule has 6 nitrogen and oxygen atoms in total. The molecule has 1 aromatic heterocycles. The Morgan fingerprint density at radius 2 is 1.84 bits per heavy atom. The Labute approximate surface area is 193 Å². The third-order valence-electron chi connectivity index (χ3n) is 6.03. The summed E-state index contributed by atoms with van der Waals surface area (Å²) in [5.41, 5.74) is 3.63. The molecule has 2 amide bonds. The second kappa shape index (κ2) is 9.77. The highest BCUT2D eigenvalue weighted by molar-refractivity contribution is 7.99. The van der Waals surface area contributed by atoms with Crippen LogP contribution in [0.25, 0.3) is 11.0 Å². The molecule has 1 fully saturated rings. The number of nitrogens with zero attached hydrogens (tertiary/aromatic N) is 3. The van der Waals surface area contributed by atoms with E-state index in [-0.39, 0.29) is 36.2 Å². The molecule has 1 N–H and O–H groups in total. The van der Waals surface area contributed by atoms with Crippen LogP contribution in [0.15, 0.2) is 53.7 Å². The summed E-state index contributed by atoms with van der Waals surface area (Å²) >= 11 is 1.36. The molecule has 168 valence electrons. The second-order valence-electron chi connectivity index (χ2n) is 8.61. The Hall–Kier alpha value is -2.80. The van der Waals surface area contributed by atoms with E-state index in [1.807, 2.05) is 64.9 Å². The molecule has 2 atom stereocenters. The van der Waals surface area contributed by atoms with Gasteiger partial charge in [0.25, 0.3) is 0 Å². The average molecular weight is 451 g/mol. The number of fused-ring (bicyclic) bond motifs is 1. The van der Waals surface area contributed by atoms with Gasteiger partial charge in [0, 0.05) is 17.8 Å². The number of likely N-dealkylation sites (tertiary alicyclic amines) is 1. The van der Waals surface area contributed by atoms with Gasteiger partial charge in [0.2, 0.25) is 11.8 Å². The predicted molar refractivity (Wildman–Crippen MR) is 130 cm³/mol. The molecule has 0 unspecified atom stereocenters. The molecule has 1 aliphatic rings. The molecule has 0 spiro atoms. The van der Waals surface area contributed by atoms with Crippen molar-refractivity contribution in [3.63, 3.8) is 0 Å². The fourth-order valence-corrected chi connectivity index (χ4v) is 5.31. The van der Waals surface area contributed by atoms with Crippen molar-refractivity contribution in [3.05, 3.63) is 54.1 Å². The molecule has 1 aliphatic heterocycles. The molecule has 32 heavy (non-hydrogen) atoms. The van der Waals surface area contributed by atoms with Gasteiger partial charge >= 0.3 is 0 Å². The van der Waals surface area contributed by atoms with Crippen LogP contribution in [0.1, 0.15) is 38.7 Å². The fourth-order valence-electron chi connectivity index (χ4n) is 4.50. The van der Waals surface area contributed by atoms with Gasteiger partial charge in [0.1, 0.15) is 6.54 Å². The molecule has 0 bridgehead atoms. The highest BCUT2D eigenvalue weighted by Crippen LogP contribution is 2.27. The number of thioether (sulfide) groups is 1. The monoisotopic (exact) mass is 450 g/mol. The molecule has 0 radical (unpaired) electrons. The Balaban J connectivity index is 1.51. The lowest BCUT2D eigenvalue weighted by atomic mass is 9.97. The first-order chi connectivity index (χ1) is 15.4. The van der Waals surface area contributed by atoms with E-state index in [4.69, 9.17) is 4.98 Å². The predicted octanol–water partition coefficient (Wildman–Crippen LogP) is 4.87. The number of imidazole rings is 1. The molecular weight excluding hydrogens is 420 g/mol. The highest BCUT2D eigenvalue weighted by Gasteiger charge is 2.29. The van der Waals surface area contributed by atoms with Crippen LogP contribution >= 0.6 is 11.8 Å². The summed E-state index contributed by atoms with van der Waals surface area (Å²) in [6.07, 6.45) is 3.25. The summed E-state index contributed by atoms with van der Waals surface area (Å²) in [4.78, 5) is 32.6. The van der Waals surface area contributed by atoms with Gasteiger partial charge in [-0.05, 0) is 69.9 Å². The van der Waals surface area contributed by atoms with E-state index >= 15 is 0 Å². The number of aromatic nitrogens is 2. The Morgan fingerprint density at radius 3 is 2.59 bits per heavy atom. The number of anilines is 1. The van der Waals surface area contributed by atoms with E-state index in [9.17, 15) is 9.59 Å². The third-order valence-corrected chi connectivity index (χ3v) is 7.01. The third kappa shape index (κ3) is 4.99. The zero-order chi connectivity index (χ0) is 22.7. The zero-order valence-corrected chi connectivity index (χ0v) is 19.7. The van der Waals surface area contributed by atoms with Crippen LogP contribution in [0.5, 0.6) is 0 Å². The number of benzene rings is 2. The van der Waals surface area contributed by atoms with Crippen molar-refractivity contribution in [1.29, 1.82) is 0 Å². The highest BCUT2D eigenvalue weighted by atomic mass is 32.2. The molecular formula is C25H30N4O2S. The van der Waals surface area contributed by atoms with Gasteiger partial charge in [-0.1, -0.05) is 36.0 Å². The Bertz CT molecular complexity index is 1120. The summed E-state index contributed by atoms with van der Waals surface area (Å²) in [5.74, 6) is 0.241. The topological polar surface area (TPSA) is 67.2 Å². The van der Waals surface area contributed by atoms with E-state index in [0.717, 1.165) is 41.5 Å². The number of para-hydroxylation sites is 2. The first-order valence-corrected chi connectivity index (χ1v) is 12.2. The normalized spacial score (nSPS) is 18.7. The van der Waals surface area contributed by atoms with Crippen molar-refractivity contribution in [2.45, 2.75) is 63.8 Å². The van der Waals surface area contributed by atoms with Gasteiger partial charge in [-0.15, -0.1) is 0 Å². The zero-order valence-electron chi connectivity index (χ0n) is 18.9. The molecule has 0 aliphatic carbocycles. The standard InChI is InChI=1S/C25H30N4O2S/c1-17-8-6-11-20(14-17)26-23(30)16-32-25-27-21-12-4-5-13-22(21)28(25)15-24(31)29-18(2)9-7-10-19(29)3/h4-6,8,11-14,18-19H,7,9-10,15-16H2,1-3H3,(H,26,30)/t18-,19-/m1/s1. The lowest BCUT2D eigenvalue weighted by Gasteiger charge is -2.39. The van der Waals surface area contributed by atoms with Crippen LogP contribution in [-0.2, 0) is 16.1 Å². The molecule has 2 heterocycles. The van der Waals surface area contributed by atoms with E-state index in [0.29, 0.717) is 5.16 Å². The van der Waals surface area contributed by atoms with E-state index in [1.165, 1.54) is 11.8 Å². The van der Waals surface area contributed by atoms with Crippen molar-refractivity contribution < 1.29 is 9.59 Å². The van der Waals surface area contributed by atoms with Crippen molar-refractivity contribution in [3.8, 4) is 0 Å². The van der Waals surface area contributed by atoms with Crippen LogP contribution in [0.2, 0.25) is 0 Å². The maximum Gasteiger partial charge on any atom is 0.243 e. The summed E-state index contributed by atoms with van der Waals surface area (Å²) in [5, 5.41) is 3.63. The number of carbonyl (C=O) groups is 2. The van der Waals surface area contributed by atoms with Gasteiger partial charge in [0.05, 0.1) is 16.8 Å². The largest absolute Gasteiger partial charge is 0.336 e. The van der Waals surface area contributed by atoms with Crippen molar-refractivity contribution in [2.75, 3.05) is 11.1 Å². The summed E-state index contributed by atoms with van der Waals surface area (Å²) in [6, 6.07) is 16.1. The maximum absolute atomic E-state index is 13.3. The van der Waals surface area contributed by atoms with E-state index in [1.54, 1.807) is 0 Å². The van der Waals surface area contributed by atoms with E-state index < -0.39 is 0 Å². The maximum atomic E-state index is 13.3. The lowest BCUT2D eigenvalue weighted by molar-refractivity contribution is -0.138. The number of carbonyl (C=O) groups excluding carboxylic acids is 2. The van der Waals surface area contributed by atoms with Crippen molar-refractivity contribution in [1.82, 2.24) is 14.5 Å². The Kier molecular flexibility index (Phi) is 6.84. The minimum Gasteiger partial charge on any atom is -0.336 e. The van der Waals surface area contributed by atoms with Crippen LogP contribution in [0.3, 0.4) is 0 Å². The molecule has 4 rings (SSSR count).